The molecule has 4 heteroatoms. The van der Waals surface area contributed by atoms with Crippen LogP contribution in [0.2, 0.25) is 0 Å². The highest BCUT2D eigenvalue weighted by atomic mass is 32.1. The number of rotatable bonds is 3. The Hall–Kier alpha value is -0.890. The summed E-state index contributed by atoms with van der Waals surface area (Å²) in [6.45, 7) is 3.47. The second-order valence-corrected chi connectivity index (χ2v) is 5.93. The summed E-state index contributed by atoms with van der Waals surface area (Å²) in [6, 6.07) is 5.61. The van der Waals surface area contributed by atoms with E-state index in [1.807, 2.05) is 11.4 Å². The van der Waals surface area contributed by atoms with Crippen LogP contribution in [0.5, 0.6) is 0 Å². The summed E-state index contributed by atoms with van der Waals surface area (Å²) in [6.07, 6.45) is 3.99. The molecular weight excluding hydrogens is 230 g/mol. The molecule has 0 radical (unpaired) electrons. The number of fused-ring (bicyclic) bond motifs is 1. The summed E-state index contributed by atoms with van der Waals surface area (Å²) >= 11 is 1.68. The quantitative estimate of drug-likeness (QED) is 0.887. The molecule has 0 aromatic carbocycles. The molecular formula is C13H17N3S. The highest BCUT2D eigenvalue weighted by Gasteiger charge is 2.36. The van der Waals surface area contributed by atoms with Crippen molar-refractivity contribution < 1.29 is 0 Å². The van der Waals surface area contributed by atoms with Gasteiger partial charge in [-0.25, -0.2) is 0 Å². The van der Waals surface area contributed by atoms with Crippen molar-refractivity contribution in [3.63, 3.8) is 0 Å². The van der Waals surface area contributed by atoms with E-state index in [1.165, 1.54) is 37.2 Å². The first kappa shape index (κ1) is 11.2. The number of thiophene rings is 1. The van der Waals surface area contributed by atoms with Crippen LogP contribution in [0.25, 0.3) is 0 Å². The standard InChI is InChI=1S/C13H17N3S/c14-7-10-6-11(17-9-10)8-15-12-3-5-16-4-1-2-13(12)16/h6,9,12-13,15H,1-5,8H2. The molecule has 2 atom stereocenters. The van der Waals surface area contributed by atoms with E-state index < -0.39 is 0 Å². The second-order valence-electron chi connectivity index (χ2n) is 4.94. The number of hydrogen-bond donors (Lipinski definition) is 1. The number of nitrogens with one attached hydrogen (secondary N) is 1. The molecule has 2 fully saturated rings. The Balaban J connectivity index is 1.56. The first-order valence-electron chi connectivity index (χ1n) is 6.32. The minimum Gasteiger partial charge on any atom is -0.307 e. The lowest BCUT2D eigenvalue weighted by Gasteiger charge is -2.20. The van der Waals surface area contributed by atoms with Crippen molar-refractivity contribution in [2.45, 2.75) is 37.9 Å². The number of hydrogen-bond acceptors (Lipinski definition) is 4. The van der Waals surface area contributed by atoms with Gasteiger partial charge in [-0.1, -0.05) is 0 Å². The lowest BCUT2D eigenvalue weighted by atomic mass is 10.1. The van der Waals surface area contributed by atoms with Crippen molar-refractivity contribution in [1.82, 2.24) is 10.2 Å². The van der Waals surface area contributed by atoms with Crippen molar-refractivity contribution in [2.24, 2.45) is 0 Å². The predicted octanol–water partition coefficient (Wildman–Crippen LogP) is 1.95. The molecule has 1 aromatic rings. The van der Waals surface area contributed by atoms with E-state index in [0.29, 0.717) is 6.04 Å². The molecule has 17 heavy (non-hydrogen) atoms. The van der Waals surface area contributed by atoms with Crippen LogP contribution in [0.15, 0.2) is 11.4 Å². The van der Waals surface area contributed by atoms with Gasteiger partial charge >= 0.3 is 0 Å². The van der Waals surface area contributed by atoms with Gasteiger partial charge in [0.25, 0.3) is 0 Å². The van der Waals surface area contributed by atoms with Crippen molar-refractivity contribution in [1.29, 1.82) is 5.26 Å². The first-order valence-corrected chi connectivity index (χ1v) is 7.20. The average molecular weight is 247 g/mol. The lowest BCUT2D eigenvalue weighted by Crippen LogP contribution is -2.38. The third kappa shape index (κ3) is 2.23. The van der Waals surface area contributed by atoms with Gasteiger partial charge in [0.1, 0.15) is 6.07 Å². The van der Waals surface area contributed by atoms with Crippen LogP contribution in [0.1, 0.15) is 29.7 Å². The van der Waals surface area contributed by atoms with Gasteiger partial charge in [0, 0.05) is 35.4 Å². The molecule has 3 heterocycles. The zero-order valence-electron chi connectivity index (χ0n) is 9.85. The molecule has 0 bridgehead atoms. The summed E-state index contributed by atoms with van der Waals surface area (Å²) in [5.74, 6) is 0. The molecule has 0 spiro atoms. The van der Waals surface area contributed by atoms with Crippen LogP contribution in [0.3, 0.4) is 0 Å². The molecule has 90 valence electrons. The molecule has 0 saturated carbocycles. The molecule has 2 unspecified atom stereocenters. The Morgan fingerprint density at radius 2 is 2.41 bits per heavy atom. The maximum absolute atomic E-state index is 8.78. The summed E-state index contributed by atoms with van der Waals surface area (Å²) in [4.78, 5) is 3.89. The van der Waals surface area contributed by atoms with E-state index in [-0.39, 0.29) is 0 Å². The average Bonchev–Trinajstić information content (AvgIpc) is 3.03. The van der Waals surface area contributed by atoms with Crippen LogP contribution in [-0.4, -0.2) is 30.1 Å². The van der Waals surface area contributed by atoms with Crippen LogP contribution < -0.4 is 5.32 Å². The van der Waals surface area contributed by atoms with Crippen molar-refractivity contribution in [3.8, 4) is 6.07 Å². The topological polar surface area (TPSA) is 39.1 Å². The Kier molecular flexibility index (Phi) is 3.15. The van der Waals surface area contributed by atoms with Crippen LogP contribution in [0.4, 0.5) is 0 Å². The Morgan fingerprint density at radius 3 is 3.24 bits per heavy atom. The summed E-state index contributed by atoms with van der Waals surface area (Å²) in [5.41, 5.74) is 0.792. The minimum absolute atomic E-state index is 0.658. The smallest absolute Gasteiger partial charge is 0.100 e. The van der Waals surface area contributed by atoms with Gasteiger partial charge in [0.05, 0.1) is 5.56 Å². The minimum atomic E-state index is 0.658. The molecule has 0 aliphatic carbocycles. The van der Waals surface area contributed by atoms with Crippen molar-refractivity contribution >= 4 is 11.3 Å². The molecule has 0 amide bonds. The fourth-order valence-electron chi connectivity index (χ4n) is 3.08. The van der Waals surface area contributed by atoms with E-state index in [1.54, 1.807) is 11.3 Å². The third-order valence-corrected chi connectivity index (χ3v) is 4.86. The normalized spacial score (nSPS) is 28.2. The third-order valence-electron chi connectivity index (χ3n) is 3.93. The van der Waals surface area contributed by atoms with Gasteiger partial charge in [-0.2, -0.15) is 5.26 Å². The predicted molar refractivity (Wildman–Crippen MR) is 68.9 cm³/mol. The number of nitriles is 1. The summed E-state index contributed by atoms with van der Waals surface area (Å²) in [5, 5.41) is 14.4. The fourth-order valence-corrected chi connectivity index (χ4v) is 3.85. The van der Waals surface area contributed by atoms with E-state index in [9.17, 15) is 0 Å². The van der Waals surface area contributed by atoms with E-state index >= 15 is 0 Å². The maximum Gasteiger partial charge on any atom is 0.100 e. The van der Waals surface area contributed by atoms with Crippen LogP contribution in [-0.2, 0) is 6.54 Å². The highest BCUT2D eigenvalue weighted by Crippen LogP contribution is 2.28. The van der Waals surface area contributed by atoms with Gasteiger partial charge in [0.2, 0.25) is 0 Å². The molecule has 3 nitrogen and oxygen atoms in total. The van der Waals surface area contributed by atoms with E-state index in [4.69, 9.17) is 5.26 Å². The molecule has 2 aliphatic heterocycles. The number of nitrogens with zero attached hydrogens (tertiary/aromatic N) is 2. The van der Waals surface area contributed by atoms with Crippen LogP contribution >= 0.6 is 11.3 Å². The zero-order valence-corrected chi connectivity index (χ0v) is 10.7. The monoisotopic (exact) mass is 247 g/mol. The van der Waals surface area contributed by atoms with Gasteiger partial charge in [0.15, 0.2) is 0 Å². The summed E-state index contributed by atoms with van der Waals surface area (Å²) in [7, 11) is 0. The largest absolute Gasteiger partial charge is 0.307 e. The first-order chi connectivity index (χ1) is 8.36. The maximum atomic E-state index is 8.78. The molecule has 1 aromatic heterocycles. The SMILES string of the molecule is N#Cc1csc(CNC2CCN3CCCC23)c1. The van der Waals surface area contributed by atoms with Crippen molar-refractivity contribution in [3.05, 3.63) is 21.9 Å². The van der Waals surface area contributed by atoms with E-state index in [2.05, 4.69) is 16.3 Å². The zero-order chi connectivity index (χ0) is 11.7. The fraction of sp³-hybridized carbons (Fsp3) is 0.615. The highest BCUT2D eigenvalue weighted by molar-refractivity contribution is 7.10. The Morgan fingerprint density at radius 1 is 1.47 bits per heavy atom. The van der Waals surface area contributed by atoms with Gasteiger partial charge in [-0.3, -0.25) is 4.90 Å². The summed E-state index contributed by atoms with van der Waals surface area (Å²) < 4.78 is 0. The molecule has 2 aliphatic rings. The van der Waals surface area contributed by atoms with E-state index in [0.717, 1.165) is 18.2 Å². The van der Waals surface area contributed by atoms with Gasteiger partial charge in [-0.15, -0.1) is 11.3 Å². The Labute approximate surface area is 106 Å². The molecule has 3 rings (SSSR count). The molecule has 1 N–H and O–H groups in total. The van der Waals surface area contributed by atoms with Gasteiger partial charge in [-0.05, 0) is 31.9 Å². The van der Waals surface area contributed by atoms with Gasteiger partial charge < -0.3 is 5.32 Å². The lowest BCUT2D eigenvalue weighted by molar-refractivity contribution is 0.299. The Bertz CT molecular complexity index is 434. The van der Waals surface area contributed by atoms with Crippen LogP contribution in [0, 0.1) is 11.3 Å². The van der Waals surface area contributed by atoms with Crippen molar-refractivity contribution in [2.75, 3.05) is 13.1 Å². The second kappa shape index (κ2) is 4.77. The molecule has 2 saturated heterocycles.